The van der Waals surface area contributed by atoms with Crippen LogP contribution in [0, 0.1) is 37.7 Å². The molecular formula is C66H65F3N12O13. The van der Waals surface area contributed by atoms with Crippen LogP contribution < -0.4 is 22.4 Å². The van der Waals surface area contributed by atoms with Gasteiger partial charge >= 0.3 is 0 Å². The van der Waals surface area contributed by atoms with Gasteiger partial charge < -0.3 is 34.6 Å². The maximum Gasteiger partial charge on any atom is 0.282 e. The molecule has 3 fully saturated rings. The molecule has 5 N–H and O–H groups in total. The number of H-pyrrole nitrogens is 3. The number of rotatable bonds is 14. The lowest BCUT2D eigenvalue weighted by Gasteiger charge is -2.31. The molecule has 0 unspecified atom stereocenters. The lowest BCUT2D eigenvalue weighted by molar-refractivity contribution is -0.383. The third-order valence-electron chi connectivity index (χ3n) is 17.1. The first-order chi connectivity index (χ1) is 45.2. The van der Waals surface area contributed by atoms with Gasteiger partial charge in [0.1, 0.15) is 22.8 Å². The van der Waals surface area contributed by atoms with Crippen molar-refractivity contribution < 1.29 is 51.6 Å². The van der Waals surface area contributed by atoms with E-state index in [2.05, 4.69) is 30.6 Å². The Morgan fingerprint density at radius 3 is 1.20 bits per heavy atom. The SMILES string of the molecule is COC1CCN(C(=O)c2cc(Cc3n[nH]c(=O)c4c(N)cccc34)ccc2F)CC1.COC1CCN(C(=O)c2cc(Cc3n[nH]c(=O)c4c([N+](=O)[O-])cccc34)ccc2F)CC1.COC1CCN(C(=O)c2cc(Cc3n[nH]c(=O)c4cccc([N+](=O)[O-])c34)ccc2F)CC1. The van der Waals surface area contributed by atoms with Gasteiger partial charge in [-0.1, -0.05) is 48.5 Å². The third-order valence-corrected chi connectivity index (χ3v) is 17.1. The first-order valence-electron chi connectivity index (χ1n) is 30.1. The summed E-state index contributed by atoms with van der Waals surface area (Å²) >= 11 is 0. The predicted molar refractivity (Wildman–Crippen MR) is 340 cm³/mol. The normalized spacial score (nSPS) is 14.7. The van der Waals surface area contributed by atoms with Crippen LogP contribution >= 0.6 is 0 Å². The summed E-state index contributed by atoms with van der Waals surface area (Å²) in [5.74, 6) is -2.95. The minimum Gasteiger partial charge on any atom is -0.398 e. The van der Waals surface area contributed by atoms with Crippen LogP contribution in [0.3, 0.4) is 0 Å². The summed E-state index contributed by atoms with van der Waals surface area (Å²) in [6.45, 7) is 2.98. The van der Waals surface area contributed by atoms with Crippen LogP contribution in [0.2, 0.25) is 0 Å². The number of nitrogens with one attached hydrogen (secondary N) is 3. The predicted octanol–water partition coefficient (Wildman–Crippen LogP) is 8.11. The molecule has 3 aliphatic heterocycles. The number of carbonyl (C=O) groups excluding carboxylic acids is 3. The number of nitrogens with two attached hydrogens (primary N) is 1. The molecular weight excluding hydrogens is 1230 g/mol. The van der Waals surface area contributed by atoms with Crippen molar-refractivity contribution in [3.05, 3.63) is 228 Å². The smallest absolute Gasteiger partial charge is 0.282 e. The molecule has 12 rings (SSSR count). The summed E-state index contributed by atoms with van der Waals surface area (Å²) in [5.41, 5.74) is 7.22. The van der Waals surface area contributed by atoms with Crippen LogP contribution in [0.5, 0.6) is 0 Å². The number of nitro groups is 2. The standard InChI is InChI=1S/2C22H21FN4O5.C22H23FN4O3/c1-32-14-7-9-26(10-8-14)22(29)16-11-13(5-6-17(16)23)12-18-20-15(21(28)25-24-18)3-2-4-19(20)27(30)31;1-32-14-7-9-26(10-8-14)22(29)16-11-13(5-6-17(16)23)12-18-15-3-2-4-19(27(30)31)20(15)21(28)25-24-18;1-30-14-7-9-27(10-8-14)22(29)16-11-13(5-6-17(16)23)12-19-15-3-2-4-18(24)20(15)21(28)26-25-19/h2*2-6,11,14H,7-10,12H2,1H3,(H,25,28);2-6,11,14H,7-10,12,24H2,1H3,(H,26,28). The van der Waals surface area contributed by atoms with Gasteiger partial charge in [0.05, 0.1) is 78.1 Å². The number of methoxy groups -OCH3 is 3. The molecule has 0 aliphatic carbocycles. The summed E-state index contributed by atoms with van der Waals surface area (Å²) in [6, 6.07) is 26.5. The van der Waals surface area contributed by atoms with Gasteiger partial charge in [-0.2, -0.15) is 15.3 Å². The van der Waals surface area contributed by atoms with E-state index in [0.717, 1.165) is 18.4 Å². The van der Waals surface area contributed by atoms with Crippen molar-refractivity contribution in [2.24, 2.45) is 0 Å². The lowest BCUT2D eigenvalue weighted by Crippen LogP contribution is -2.41. The molecule has 3 amide bonds. The van der Waals surface area contributed by atoms with Crippen LogP contribution in [-0.2, 0) is 33.5 Å². The molecule has 0 saturated carbocycles. The Labute approximate surface area is 532 Å². The number of nitrogens with zero attached hydrogens (tertiary/aromatic N) is 8. The Bertz CT molecular complexity index is 4560. The van der Waals surface area contributed by atoms with Crippen molar-refractivity contribution in [1.29, 1.82) is 0 Å². The van der Waals surface area contributed by atoms with Crippen molar-refractivity contribution in [2.45, 2.75) is 76.1 Å². The van der Waals surface area contributed by atoms with Gasteiger partial charge in [-0.15, -0.1) is 0 Å². The topological polar surface area (TPSA) is 338 Å². The first kappa shape index (κ1) is 66.3. The molecule has 0 radical (unpaired) electrons. The largest absolute Gasteiger partial charge is 0.398 e. The molecule has 3 aliphatic rings. The van der Waals surface area contributed by atoms with E-state index in [1.54, 1.807) is 72.4 Å². The molecule has 28 heteroatoms. The highest BCUT2D eigenvalue weighted by molar-refractivity contribution is 5.98. The van der Waals surface area contributed by atoms with E-state index in [1.165, 1.54) is 72.8 Å². The summed E-state index contributed by atoms with van der Waals surface area (Å²) in [5, 5.41) is 43.7. The number of aromatic amines is 3. The highest BCUT2D eigenvalue weighted by Gasteiger charge is 2.30. The van der Waals surface area contributed by atoms with Crippen LogP contribution in [0.1, 0.15) is 103 Å². The molecule has 0 atom stereocenters. The number of amides is 3. The second kappa shape index (κ2) is 29.4. The Balaban J connectivity index is 0.000000154. The number of halogens is 3. The van der Waals surface area contributed by atoms with Gasteiger partial charge in [-0.3, -0.25) is 49.0 Å². The quantitative estimate of drug-likeness (QED) is 0.0453. The average molecular weight is 1290 g/mol. The van der Waals surface area contributed by atoms with E-state index >= 15 is 0 Å². The minimum absolute atomic E-state index is 0.0385. The van der Waals surface area contributed by atoms with E-state index in [1.807, 2.05) is 0 Å². The zero-order chi connectivity index (χ0) is 66.9. The van der Waals surface area contributed by atoms with Gasteiger partial charge in [0, 0.05) is 108 Å². The van der Waals surface area contributed by atoms with E-state index in [0.29, 0.717) is 116 Å². The van der Waals surface area contributed by atoms with Gasteiger partial charge in [-0.05, 0) is 104 Å². The third kappa shape index (κ3) is 14.7. The molecule has 0 bridgehead atoms. The first-order valence-corrected chi connectivity index (χ1v) is 30.1. The zero-order valence-corrected chi connectivity index (χ0v) is 51.3. The number of likely N-dealkylation sites (tertiary alicyclic amines) is 3. The fourth-order valence-electron chi connectivity index (χ4n) is 12.0. The number of carbonyl (C=O) groups is 3. The van der Waals surface area contributed by atoms with E-state index in [-0.39, 0.29) is 92.5 Å². The lowest BCUT2D eigenvalue weighted by atomic mass is 10.0. The maximum absolute atomic E-state index is 14.5. The monoisotopic (exact) mass is 1290 g/mol. The van der Waals surface area contributed by atoms with Crippen molar-refractivity contribution in [2.75, 3.05) is 66.3 Å². The van der Waals surface area contributed by atoms with Crippen molar-refractivity contribution >= 4 is 67.1 Å². The number of fused-ring (bicyclic) bond motifs is 3. The molecule has 3 saturated heterocycles. The van der Waals surface area contributed by atoms with Gasteiger partial charge in [0.2, 0.25) is 0 Å². The summed E-state index contributed by atoms with van der Waals surface area (Å²) in [4.78, 5) is 102. The molecule has 94 heavy (non-hydrogen) atoms. The fraction of sp³-hybridized carbons (Fsp3) is 0.318. The van der Waals surface area contributed by atoms with E-state index in [4.69, 9.17) is 19.9 Å². The second-order valence-corrected chi connectivity index (χ2v) is 22.8. The number of non-ortho nitro benzene ring substituents is 2. The number of hydrogen-bond donors (Lipinski definition) is 4. The molecule has 6 heterocycles. The number of hydrogen-bond acceptors (Lipinski definition) is 17. The Morgan fingerprint density at radius 1 is 0.479 bits per heavy atom. The van der Waals surface area contributed by atoms with Crippen molar-refractivity contribution in [3.63, 3.8) is 0 Å². The number of nitrogen functional groups attached to an aromatic ring is 1. The maximum atomic E-state index is 14.5. The number of nitro benzene ring substituents is 2. The molecule has 6 aromatic carbocycles. The van der Waals surface area contributed by atoms with Crippen molar-refractivity contribution in [3.8, 4) is 0 Å². The van der Waals surface area contributed by atoms with Gasteiger partial charge in [-0.25, -0.2) is 28.5 Å². The summed E-state index contributed by atoms with van der Waals surface area (Å²) in [7, 11) is 4.92. The highest BCUT2D eigenvalue weighted by atomic mass is 19.1. The number of aromatic nitrogens is 6. The molecule has 488 valence electrons. The number of ether oxygens (including phenoxy) is 3. The number of benzene rings is 6. The Morgan fingerprint density at radius 2 is 0.809 bits per heavy atom. The van der Waals surface area contributed by atoms with Gasteiger partial charge in [0.15, 0.2) is 0 Å². The average Bonchev–Trinajstić information content (AvgIpc) is 0.796. The highest BCUT2D eigenvalue weighted by Crippen LogP contribution is 2.30. The number of anilines is 1. The van der Waals surface area contributed by atoms with E-state index in [9.17, 15) is 62.2 Å². The summed E-state index contributed by atoms with van der Waals surface area (Å²) < 4.78 is 59.4. The minimum atomic E-state index is -0.662. The van der Waals surface area contributed by atoms with Gasteiger partial charge in [0.25, 0.3) is 45.8 Å². The number of piperidine rings is 3. The zero-order valence-electron chi connectivity index (χ0n) is 51.3. The van der Waals surface area contributed by atoms with Crippen LogP contribution in [0.4, 0.5) is 30.2 Å². The van der Waals surface area contributed by atoms with Crippen LogP contribution in [-0.4, -0.2) is 152 Å². The second-order valence-electron chi connectivity index (χ2n) is 22.8. The Kier molecular flexibility index (Phi) is 20.7. The Hall–Kier alpha value is -10.6. The van der Waals surface area contributed by atoms with Crippen molar-refractivity contribution in [1.82, 2.24) is 45.3 Å². The molecule has 0 spiro atoms. The van der Waals surface area contributed by atoms with Crippen LogP contribution in [0.25, 0.3) is 32.3 Å². The fourth-order valence-corrected chi connectivity index (χ4v) is 12.0. The van der Waals surface area contributed by atoms with Crippen LogP contribution in [0.15, 0.2) is 124 Å². The molecule has 3 aromatic heterocycles. The summed E-state index contributed by atoms with van der Waals surface area (Å²) in [6.07, 6.45) is 5.08. The van der Waals surface area contributed by atoms with E-state index < -0.39 is 50.2 Å². The molecule has 25 nitrogen and oxygen atoms in total. The molecule has 9 aromatic rings.